The predicted molar refractivity (Wildman–Crippen MR) is 64.5 cm³/mol. The minimum Gasteiger partial charge on any atom is -0.369 e. The third-order valence-electron chi connectivity index (χ3n) is 2.97. The van der Waals surface area contributed by atoms with Gasteiger partial charge in [0.15, 0.2) is 0 Å². The first-order valence-corrected chi connectivity index (χ1v) is 6.00. The fraction of sp³-hybridized carbons (Fsp3) is 0.417. The molecule has 0 aliphatic carbocycles. The van der Waals surface area contributed by atoms with Crippen LogP contribution in [-0.4, -0.2) is 32.6 Å². The monoisotopic (exact) mass is 245 g/mol. The van der Waals surface area contributed by atoms with Crippen LogP contribution in [0.5, 0.6) is 0 Å². The third kappa shape index (κ3) is 2.55. The second kappa shape index (κ2) is 5.24. The molecule has 0 amide bonds. The van der Waals surface area contributed by atoms with E-state index in [0.29, 0.717) is 6.61 Å². The lowest BCUT2D eigenvalue weighted by molar-refractivity contribution is 0.000977. The molecule has 1 atom stereocenters. The van der Waals surface area contributed by atoms with Gasteiger partial charge in [-0.1, -0.05) is 11.3 Å². The van der Waals surface area contributed by atoms with Crippen molar-refractivity contribution in [1.29, 1.82) is 0 Å². The van der Waals surface area contributed by atoms with Gasteiger partial charge in [-0.25, -0.2) is 4.68 Å². The molecule has 0 spiro atoms. The quantitative estimate of drug-likeness (QED) is 0.842. The molecule has 6 nitrogen and oxygen atoms in total. The Bertz CT molecular complexity index is 498. The molecule has 94 valence electrons. The Labute approximate surface area is 105 Å². The van der Waals surface area contributed by atoms with Crippen molar-refractivity contribution in [3.63, 3.8) is 0 Å². The second-order valence-electron chi connectivity index (χ2n) is 4.33. The lowest BCUT2D eigenvalue weighted by Crippen LogP contribution is -2.36. The van der Waals surface area contributed by atoms with E-state index in [4.69, 9.17) is 4.74 Å². The maximum absolute atomic E-state index is 5.72. The van der Waals surface area contributed by atoms with Crippen LogP contribution in [0.3, 0.4) is 0 Å². The number of nitrogens with one attached hydrogen (secondary N) is 1. The van der Waals surface area contributed by atoms with E-state index in [-0.39, 0.29) is 6.10 Å². The predicted octanol–water partition coefficient (Wildman–Crippen LogP) is 0.362. The smallest absolute Gasteiger partial charge is 0.0906 e. The summed E-state index contributed by atoms with van der Waals surface area (Å²) < 4.78 is 7.62. The Balaban J connectivity index is 1.48. The maximum atomic E-state index is 5.72. The molecular weight excluding hydrogens is 230 g/mol. The minimum atomic E-state index is 0.149. The highest BCUT2D eigenvalue weighted by Gasteiger charge is 2.19. The minimum absolute atomic E-state index is 0.149. The Kier molecular flexibility index (Phi) is 3.29. The number of hydrogen-bond acceptors (Lipinski definition) is 5. The van der Waals surface area contributed by atoms with Gasteiger partial charge >= 0.3 is 0 Å². The average Bonchev–Trinajstić information content (AvgIpc) is 2.87. The maximum Gasteiger partial charge on any atom is 0.0906 e. The molecule has 3 rings (SSSR count). The van der Waals surface area contributed by atoms with Crippen LogP contribution >= 0.6 is 0 Å². The summed E-state index contributed by atoms with van der Waals surface area (Å²) in [6.45, 7) is 2.95. The molecule has 0 bridgehead atoms. The highest BCUT2D eigenvalue weighted by atomic mass is 16.5. The fourth-order valence-electron chi connectivity index (χ4n) is 2.00. The van der Waals surface area contributed by atoms with Crippen molar-refractivity contribution < 1.29 is 4.74 Å². The van der Waals surface area contributed by atoms with Crippen molar-refractivity contribution in [3.8, 4) is 0 Å². The Morgan fingerprint density at radius 2 is 2.44 bits per heavy atom. The molecular formula is C12H15N5O. The highest BCUT2D eigenvalue weighted by Crippen LogP contribution is 2.10. The van der Waals surface area contributed by atoms with Gasteiger partial charge in [0, 0.05) is 25.5 Å². The van der Waals surface area contributed by atoms with Crippen molar-refractivity contribution in [2.75, 3.05) is 6.54 Å². The van der Waals surface area contributed by atoms with E-state index >= 15 is 0 Å². The van der Waals surface area contributed by atoms with Gasteiger partial charge in [-0.2, -0.15) is 0 Å². The van der Waals surface area contributed by atoms with E-state index in [1.807, 2.05) is 16.9 Å². The van der Waals surface area contributed by atoms with Crippen LogP contribution in [0.15, 0.2) is 30.7 Å². The summed E-state index contributed by atoms with van der Waals surface area (Å²) in [5, 5.41) is 11.3. The van der Waals surface area contributed by atoms with Crippen LogP contribution in [-0.2, 0) is 24.4 Å². The molecule has 3 heterocycles. The summed E-state index contributed by atoms with van der Waals surface area (Å²) in [5.74, 6) is 0. The number of pyridine rings is 1. The van der Waals surface area contributed by atoms with Gasteiger partial charge in [-0.05, 0) is 11.6 Å². The van der Waals surface area contributed by atoms with E-state index < -0.39 is 0 Å². The van der Waals surface area contributed by atoms with Crippen LogP contribution in [0.4, 0.5) is 0 Å². The van der Waals surface area contributed by atoms with Gasteiger partial charge in [0.25, 0.3) is 0 Å². The summed E-state index contributed by atoms with van der Waals surface area (Å²) >= 11 is 0. The molecule has 0 fully saturated rings. The van der Waals surface area contributed by atoms with Crippen molar-refractivity contribution in [2.24, 2.45) is 0 Å². The molecule has 18 heavy (non-hydrogen) atoms. The van der Waals surface area contributed by atoms with E-state index in [1.54, 1.807) is 12.4 Å². The zero-order chi connectivity index (χ0) is 12.2. The fourth-order valence-corrected chi connectivity index (χ4v) is 2.00. The van der Waals surface area contributed by atoms with Gasteiger partial charge in [-0.3, -0.25) is 4.98 Å². The molecule has 1 aliphatic rings. The highest BCUT2D eigenvalue weighted by molar-refractivity contribution is 5.07. The van der Waals surface area contributed by atoms with E-state index in [1.165, 1.54) is 5.56 Å². The molecule has 1 unspecified atom stereocenters. The van der Waals surface area contributed by atoms with Gasteiger partial charge < -0.3 is 10.1 Å². The van der Waals surface area contributed by atoms with Crippen molar-refractivity contribution in [2.45, 2.75) is 25.8 Å². The lowest BCUT2D eigenvalue weighted by Gasteiger charge is -2.23. The Hall–Kier alpha value is -1.79. The topological polar surface area (TPSA) is 64.9 Å². The summed E-state index contributed by atoms with van der Waals surface area (Å²) in [6, 6.07) is 3.99. The van der Waals surface area contributed by atoms with Gasteiger partial charge in [0.05, 0.1) is 31.1 Å². The summed E-state index contributed by atoms with van der Waals surface area (Å²) in [5.41, 5.74) is 2.22. The molecule has 0 saturated carbocycles. The molecule has 6 heteroatoms. The zero-order valence-corrected chi connectivity index (χ0v) is 9.99. The van der Waals surface area contributed by atoms with Crippen LogP contribution in [0.25, 0.3) is 0 Å². The SMILES string of the molecule is c1cncc(CNCC2Cn3nncc3CO2)c1. The number of aromatic nitrogens is 4. The van der Waals surface area contributed by atoms with Crippen LogP contribution in [0, 0.1) is 0 Å². The first-order valence-electron chi connectivity index (χ1n) is 6.00. The Morgan fingerprint density at radius 1 is 1.44 bits per heavy atom. The molecule has 0 aromatic carbocycles. The van der Waals surface area contributed by atoms with Crippen molar-refractivity contribution in [3.05, 3.63) is 42.0 Å². The van der Waals surface area contributed by atoms with Gasteiger partial charge in [0.2, 0.25) is 0 Å². The number of fused-ring (bicyclic) bond motifs is 1. The number of rotatable bonds is 4. The van der Waals surface area contributed by atoms with Crippen molar-refractivity contribution in [1.82, 2.24) is 25.3 Å². The second-order valence-corrected chi connectivity index (χ2v) is 4.33. The zero-order valence-electron chi connectivity index (χ0n) is 9.99. The standard InChI is InChI=1S/C12H15N5O/c1-2-10(4-13-3-1)5-14-7-12-8-17-11(9-18-12)6-15-16-17/h1-4,6,12,14H,5,7-9H2. The summed E-state index contributed by atoms with van der Waals surface area (Å²) in [6.07, 6.45) is 5.54. The normalized spacial score (nSPS) is 18.6. The molecule has 2 aromatic rings. The summed E-state index contributed by atoms with van der Waals surface area (Å²) in [7, 11) is 0. The van der Waals surface area contributed by atoms with Crippen LogP contribution < -0.4 is 5.32 Å². The van der Waals surface area contributed by atoms with E-state index in [2.05, 4.69) is 26.7 Å². The molecule has 2 aromatic heterocycles. The summed E-state index contributed by atoms with van der Waals surface area (Å²) in [4.78, 5) is 4.08. The van der Waals surface area contributed by atoms with Gasteiger partial charge in [-0.15, -0.1) is 5.10 Å². The lowest BCUT2D eigenvalue weighted by atomic mass is 10.2. The first-order chi connectivity index (χ1) is 8.92. The van der Waals surface area contributed by atoms with Gasteiger partial charge in [0.1, 0.15) is 0 Å². The third-order valence-corrected chi connectivity index (χ3v) is 2.97. The van der Waals surface area contributed by atoms with Crippen LogP contribution in [0.2, 0.25) is 0 Å². The molecule has 0 radical (unpaired) electrons. The van der Waals surface area contributed by atoms with E-state index in [9.17, 15) is 0 Å². The van der Waals surface area contributed by atoms with Crippen LogP contribution in [0.1, 0.15) is 11.3 Å². The molecule has 1 aliphatic heterocycles. The molecule has 1 N–H and O–H groups in total. The molecule has 0 saturated heterocycles. The number of nitrogens with zero attached hydrogens (tertiary/aromatic N) is 4. The average molecular weight is 245 g/mol. The number of hydrogen-bond donors (Lipinski definition) is 1. The Morgan fingerprint density at radius 3 is 3.33 bits per heavy atom. The van der Waals surface area contributed by atoms with E-state index in [0.717, 1.165) is 25.3 Å². The first kappa shape index (κ1) is 11.3. The largest absolute Gasteiger partial charge is 0.369 e. The van der Waals surface area contributed by atoms with Crippen molar-refractivity contribution >= 4 is 0 Å². The number of ether oxygens (including phenoxy) is 1.